The van der Waals surface area contributed by atoms with Gasteiger partial charge in [0.1, 0.15) is 11.7 Å². The summed E-state index contributed by atoms with van der Waals surface area (Å²) in [6.07, 6.45) is 0.344. The number of aromatic nitrogens is 2. The van der Waals surface area contributed by atoms with Crippen LogP contribution in [0.4, 0.5) is 11.5 Å². The SMILES string of the molecule is Cc1cc(N=C(N)CC(=N)N2CCN(c3ccccc3)CC2)n[nH]1. The Bertz CT molecular complexity index is 712. The minimum atomic E-state index is 0.344. The molecular weight excluding hydrogens is 302 g/mol. The number of nitrogens with two attached hydrogens (primary N) is 1. The molecule has 0 unspecified atom stereocenters. The number of para-hydroxylation sites is 1. The predicted octanol–water partition coefficient (Wildman–Crippen LogP) is 1.90. The molecule has 1 aliphatic heterocycles. The van der Waals surface area contributed by atoms with Crippen molar-refractivity contribution >= 4 is 23.2 Å². The number of benzene rings is 1. The van der Waals surface area contributed by atoms with E-state index in [4.69, 9.17) is 11.1 Å². The molecular formula is C17H23N7. The number of anilines is 1. The standard InChI is InChI=1S/C17H23N7/c1-13-11-17(22-21-13)20-15(18)12-16(19)24-9-7-23(8-10-24)14-5-3-2-4-6-14/h2-6,11,19H,7-10,12H2,1H3,(H3,18,20,21,22). The molecule has 7 heteroatoms. The summed E-state index contributed by atoms with van der Waals surface area (Å²) in [6.45, 7) is 5.37. The summed E-state index contributed by atoms with van der Waals surface area (Å²) >= 11 is 0. The third-order valence-corrected chi connectivity index (χ3v) is 4.08. The van der Waals surface area contributed by atoms with Crippen molar-refractivity contribution in [1.29, 1.82) is 5.41 Å². The van der Waals surface area contributed by atoms with Gasteiger partial charge in [-0.25, -0.2) is 4.99 Å². The molecule has 1 aromatic carbocycles. The van der Waals surface area contributed by atoms with Crippen LogP contribution in [0.1, 0.15) is 12.1 Å². The number of H-pyrrole nitrogens is 1. The highest BCUT2D eigenvalue weighted by molar-refractivity contribution is 6.01. The monoisotopic (exact) mass is 325 g/mol. The van der Waals surface area contributed by atoms with Crippen LogP contribution in [0.3, 0.4) is 0 Å². The van der Waals surface area contributed by atoms with Crippen LogP contribution >= 0.6 is 0 Å². The molecule has 126 valence electrons. The van der Waals surface area contributed by atoms with Crippen molar-refractivity contribution in [3.05, 3.63) is 42.1 Å². The Kier molecular flexibility index (Phi) is 4.79. The summed E-state index contributed by atoms with van der Waals surface area (Å²) in [4.78, 5) is 8.66. The van der Waals surface area contributed by atoms with Gasteiger partial charge in [-0.2, -0.15) is 5.10 Å². The Balaban J connectivity index is 1.52. The molecule has 3 rings (SSSR count). The minimum Gasteiger partial charge on any atom is -0.387 e. The fourth-order valence-electron chi connectivity index (χ4n) is 2.80. The molecule has 4 N–H and O–H groups in total. The Morgan fingerprint density at radius 2 is 1.96 bits per heavy atom. The van der Waals surface area contributed by atoms with Gasteiger partial charge in [0.15, 0.2) is 5.82 Å². The quantitative estimate of drug-likeness (QED) is 0.591. The maximum atomic E-state index is 8.27. The zero-order chi connectivity index (χ0) is 16.9. The second kappa shape index (κ2) is 7.16. The van der Waals surface area contributed by atoms with Crippen LogP contribution < -0.4 is 10.6 Å². The van der Waals surface area contributed by atoms with Gasteiger partial charge >= 0.3 is 0 Å². The Labute approximate surface area is 141 Å². The summed E-state index contributed by atoms with van der Waals surface area (Å²) in [6, 6.07) is 12.2. The van der Waals surface area contributed by atoms with Crippen LogP contribution in [-0.4, -0.2) is 52.9 Å². The maximum Gasteiger partial charge on any atom is 0.175 e. The molecule has 7 nitrogen and oxygen atoms in total. The van der Waals surface area contributed by atoms with E-state index in [0.717, 1.165) is 31.9 Å². The lowest BCUT2D eigenvalue weighted by molar-refractivity contribution is 0.380. The largest absolute Gasteiger partial charge is 0.387 e. The second-order valence-corrected chi connectivity index (χ2v) is 5.95. The number of hydrogen-bond donors (Lipinski definition) is 3. The number of rotatable bonds is 4. The fraction of sp³-hybridized carbons (Fsp3) is 0.353. The van der Waals surface area contributed by atoms with Crippen molar-refractivity contribution in [2.24, 2.45) is 10.7 Å². The Morgan fingerprint density at radius 3 is 2.58 bits per heavy atom. The molecule has 0 aliphatic carbocycles. The molecule has 1 fully saturated rings. The number of nitrogens with one attached hydrogen (secondary N) is 2. The molecule has 0 spiro atoms. The van der Waals surface area contributed by atoms with Crippen LogP contribution in [0.2, 0.25) is 0 Å². The number of nitrogens with zero attached hydrogens (tertiary/aromatic N) is 4. The van der Waals surface area contributed by atoms with E-state index in [0.29, 0.717) is 23.9 Å². The minimum absolute atomic E-state index is 0.344. The van der Waals surface area contributed by atoms with Gasteiger partial charge in [-0.15, -0.1) is 0 Å². The average molecular weight is 325 g/mol. The first-order chi connectivity index (χ1) is 11.6. The van der Waals surface area contributed by atoms with Gasteiger partial charge in [0.25, 0.3) is 0 Å². The molecule has 2 aromatic rings. The van der Waals surface area contributed by atoms with Crippen LogP contribution in [0.25, 0.3) is 0 Å². The van der Waals surface area contributed by atoms with Crippen molar-refractivity contribution in [2.75, 3.05) is 31.1 Å². The van der Waals surface area contributed by atoms with Crippen molar-refractivity contribution in [3.63, 3.8) is 0 Å². The predicted molar refractivity (Wildman–Crippen MR) is 97.2 cm³/mol. The smallest absolute Gasteiger partial charge is 0.175 e. The third-order valence-electron chi connectivity index (χ3n) is 4.08. The maximum absolute atomic E-state index is 8.27. The number of piperazine rings is 1. The van der Waals surface area contributed by atoms with Gasteiger partial charge in [-0.05, 0) is 19.1 Å². The molecule has 24 heavy (non-hydrogen) atoms. The first kappa shape index (κ1) is 16.0. The third kappa shape index (κ3) is 3.92. The molecule has 2 heterocycles. The van der Waals surface area contributed by atoms with Crippen molar-refractivity contribution in [2.45, 2.75) is 13.3 Å². The molecule has 0 saturated carbocycles. The van der Waals surface area contributed by atoms with E-state index < -0.39 is 0 Å². The number of aromatic amines is 1. The van der Waals surface area contributed by atoms with Crippen LogP contribution in [-0.2, 0) is 0 Å². The van der Waals surface area contributed by atoms with Gasteiger partial charge in [-0.3, -0.25) is 10.5 Å². The Hall–Kier alpha value is -2.83. The van der Waals surface area contributed by atoms with Gasteiger partial charge in [-0.1, -0.05) is 18.2 Å². The molecule has 1 saturated heterocycles. The zero-order valence-electron chi connectivity index (χ0n) is 13.9. The van der Waals surface area contributed by atoms with Crippen LogP contribution in [0, 0.1) is 12.3 Å². The van der Waals surface area contributed by atoms with E-state index in [1.165, 1.54) is 5.69 Å². The van der Waals surface area contributed by atoms with Gasteiger partial charge < -0.3 is 15.5 Å². The molecule has 0 radical (unpaired) electrons. The average Bonchev–Trinajstić information content (AvgIpc) is 3.00. The first-order valence-corrected chi connectivity index (χ1v) is 8.09. The number of aryl methyl sites for hydroxylation is 1. The van der Waals surface area contributed by atoms with Crippen molar-refractivity contribution in [1.82, 2.24) is 15.1 Å². The molecule has 0 bridgehead atoms. The molecule has 1 aromatic heterocycles. The van der Waals surface area contributed by atoms with Gasteiger partial charge in [0.05, 0.1) is 6.42 Å². The first-order valence-electron chi connectivity index (χ1n) is 8.09. The normalized spacial score (nSPS) is 15.6. The molecule has 0 atom stereocenters. The number of hydrogen-bond acceptors (Lipinski definition) is 4. The highest BCUT2D eigenvalue weighted by Gasteiger charge is 2.19. The highest BCUT2D eigenvalue weighted by atomic mass is 15.3. The molecule has 1 aliphatic rings. The number of aliphatic imine (C=N–C) groups is 1. The highest BCUT2D eigenvalue weighted by Crippen LogP contribution is 2.16. The summed E-state index contributed by atoms with van der Waals surface area (Å²) in [5, 5.41) is 15.1. The van der Waals surface area contributed by atoms with Crippen LogP contribution in [0.15, 0.2) is 41.4 Å². The van der Waals surface area contributed by atoms with E-state index in [1.807, 2.05) is 19.1 Å². The van der Waals surface area contributed by atoms with E-state index in [1.54, 1.807) is 0 Å². The van der Waals surface area contributed by atoms with E-state index in [9.17, 15) is 0 Å². The van der Waals surface area contributed by atoms with E-state index in [2.05, 4.69) is 49.3 Å². The lowest BCUT2D eigenvalue weighted by Crippen LogP contribution is -2.49. The summed E-state index contributed by atoms with van der Waals surface area (Å²) < 4.78 is 0. The number of amidine groups is 2. The van der Waals surface area contributed by atoms with Gasteiger partial charge in [0, 0.05) is 43.6 Å². The van der Waals surface area contributed by atoms with Crippen molar-refractivity contribution in [3.8, 4) is 0 Å². The summed E-state index contributed by atoms with van der Waals surface area (Å²) in [5.74, 6) is 1.49. The zero-order valence-corrected chi connectivity index (χ0v) is 13.9. The van der Waals surface area contributed by atoms with E-state index >= 15 is 0 Å². The van der Waals surface area contributed by atoms with Crippen molar-refractivity contribution < 1.29 is 0 Å². The second-order valence-electron chi connectivity index (χ2n) is 5.95. The Morgan fingerprint density at radius 1 is 1.25 bits per heavy atom. The fourth-order valence-corrected chi connectivity index (χ4v) is 2.80. The lowest BCUT2D eigenvalue weighted by atomic mass is 10.2. The van der Waals surface area contributed by atoms with E-state index in [-0.39, 0.29) is 0 Å². The molecule has 0 amide bonds. The van der Waals surface area contributed by atoms with Crippen LogP contribution in [0.5, 0.6) is 0 Å². The summed E-state index contributed by atoms with van der Waals surface area (Å²) in [5.41, 5.74) is 8.13. The topological polar surface area (TPSA) is 97.4 Å². The lowest BCUT2D eigenvalue weighted by Gasteiger charge is -2.37. The van der Waals surface area contributed by atoms with Gasteiger partial charge in [0.2, 0.25) is 0 Å². The summed E-state index contributed by atoms with van der Waals surface area (Å²) in [7, 11) is 0.